The topological polar surface area (TPSA) is 114 Å². The molecule has 13 heteroatoms. The van der Waals surface area contributed by atoms with Crippen molar-refractivity contribution in [1.29, 1.82) is 5.26 Å². The van der Waals surface area contributed by atoms with E-state index in [1.54, 1.807) is 41.5 Å². The van der Waals surface area contributed by atoms with Crippen molar-refractivity contribution in [3.8, 4) is 6.07 Å². The van der Waals surface area contributed by atoms with Gasteiger partial charge in [-0.25, -0.2) is 23.5 Å². The molecule has 0 saturated carbocycles. The molecule has 0 radical (unpaired) electrons. The number of carbonyl (C=O) groups is 2. The highest BCUT2D eigenvalue weighted by atomic mass is 32.2. The maximum Gasteiger partial charge on any atom is 0.418 e. The summed E-state index contributed by atoms with van der Waals surface area (Å²) in [6.45, 7) is 20.9. The summed E-state index contributed by atoms with van der Waals surface area (Å²) >= 11 is 0.924. The van der Waals surface area contributed by atoms with Gasteiger partial charge < -0.3 is 14.2 Å². The van der Waals surface area contributed by atoms with Crippen LogP contribution in [0.4, 0.5) is 13.6 Å². The zero-order valence-electron chi connectivity index (χ0n) is 29.3. The van der Waals surface area contributed by atoms with Crippen LogP contribution in [-0.2, 0) is 24.5 Å². The summed E-state index contributed by atoms with van der Waals surface area (Å²) in [7, 11) is -0.238. The predicted molar refractivity (Wildman–Crippen MR) is 188 cm³/mol. The number of pyridine rings is 1. The van der Waals surface area contributed by atoms with E-state index < -0.39 is 47.7 Å². The number of benzene rings is 1. The van der Waals surface area contributed by atoms with Gasteiger partial charge in [0.1, 0.15) is 46.0 Å². The Hall–Kier alpha value is -3.86. The number of aromatic nitrogens is 1. The molecule has 1 aliphatic rings. The summed E-state index contributed by atoms with van der Waals surface area (Å²) in [6, 6.07) is 8.30. The van der Waals surface area contributed by atoms with Crippen LogP contribution in [0.5, 0.6) is 0 Å². The third-order valence-corrected chi connectivity index (χ3v) is 10.7. The first kappa shape index (κ1) is 38.6. The van der Waals surface area contributed by atoms with Crippen molar-refractivity contribution in [3.63, 3.8) is 0 Å². The molecule has 2 atom stereocenters. The van der Waals surface area contributed by atoms with Gasteiger partial charge in [0, 0.05) is 26.4 Å². The summed E-state index contributed by atoms with van der Waals surface area (Å²) in [5.41, 5.74) is -1.30. The number of esters is 1. The molecule has 0 saturated heterocycles. The molecule has 1 aromatic heterocycles. The number of ether oxygens (including phenoxy) is 3. The number of thioether (sulfide) groups is 1. The fourth-order valence-electron chi connectivity index (χ4n) is 4.83. The van der Waals surface area contributed by atoms with E-state index >= 15 is 8.78 Å². The summed E-state index contributed by atoms with van der Waals surface area (Å²) in [5, 5.41) is 9.17. The van der Waals surface area contributed by atoms with Crippen molar-refractivity contribution < 1.29 is 32.6 Å². The third-order valence-electron chi connectivity index (χ3n) is 7.66. The Bertz CT molecular complexity index is 1690. The Morgan fingerprint density at radius 2 is 1.88 bits per heavy atom. The van der Waals surface area contributed by atoms with Gasteiger partial charge in [0.2, 0.25) is 0 Å². The van der Waals surface area contributed by atoms with Crippen LogP contribution in [0.2, 0.25) is 25.7 Å². The van der Waals surface area contributed by atoms with Crippen LogP contribution in [0.15, 0.2) is 47.6 Å². The van der Waals surface area contributed by atoms with Crippen LogP contribution >= 0.6 is 11.8 Å². The molecule has 258 valence electrons. The molecule has 3 rings (SSSR count). The van der Waals surface area contributed by atoms with Crippen LogP contribution in [0.25, 0.3) is 11.9 Å². The van der Waals surface area contributed by atoms with Crippen molar-refractivity contribution in [2.24, 2.45) is 4.99 Å². The normalized spacial score (nSPS) is 20.1. The van der Waals surface area contributed by atoms with Gasteiger partial charge in [-0.05, 0) is 88.6 Å². The number of aryl methyl sites for hydroxylation is 1. The third kappa shape index (κ3) is 8.97. The molecule has 9 nitrogen and oxygen atoms in total. The maximum absolute atomic E-state index is 15.9. The minimum absolute atomic E-state index is 0.0183. The number of amidine groups is 1. The van der Waals surface area contributed by atoms with E-state index in [1.807, 2.05) is 6.07 Å². The molecule has 1 aliphatic heterocycles. The van der Waals surface area contributed by atoms with Gasteiger partial charge in [0.15, 0.2) is 5.17 Å². The second kappa shape index (κ2) is 14.7. The van der Waals surface area contributed by atoms with Crippen LogP contribution in [0.3, 0.4) is 0 Å². The van der Waals surface area contributed by atoms with Gasteiger partial charge in [0.05, 0.1) is 12.7 Å². The summed E-state index contributed by atoms with van der Waals surface area (Å²) in [5.74, 6) is -2.08. The lowest BCUT2D eigenvalue weighted by Gasteiger charge is -2.44. The fourth-order valence-corrected chi connectivity index (χ4v) is 6.91. The SMILES string of the molecule is C=C1C(C)(C(=O)OC)SC(N(COCC[Si](C)(C)C)C(=O)OC(C)(C)C)=N[C@]1(C)c1cc(/C=C(\F)c2ncc(C#N)cc2C)ccc1F. The molecular weight excluding hydrogens is 655 g/mol. The van der Waals surface area contributed by atoms with Gasteiger partial charge in [-0.15, -0.1) is 0 Å². The molecule has 2 heterocycles. The molecule has 2 aromatic rings. The lowest BCUT2D eigenvalue weighted by molar-refractivity contribution is -0.142. The van der Waals surface area contributed by atoms with Crippen molar-refractivity contribution >= 4 is 49.0 Å². The standard InChI is InChI=1S/C35H44F2N4O5SSi/c1-22-16-25(19-38)20-39-29(22)28(37)18-24-12-13-27(36)26(17-24)34(6)23(2)35(7,30(42)44-8)47-31(40-34)41(32(43)46-33(3,4)5)21-45-14-15-48(9,10)11/h12-13,16-18,20H,2,14-15,21H2,1,3-11H3/b28-18-/t34-,35?/m0/s1. The Balaban J connectivity index is 2.20. The van der Waals surface area contributed by atoms with E-state index in [2.05, 4.69) is 31.2 Å². The molecule has 1 unspecified atom stereocenters. The number of rotatable bonds is 9. The lowest BCUT2D eigenvalue weighted by atomic mass is 9.78. The number of carbonyl (C=O) groups excluding carboxylic acids is 2. The lowest BCUT2D eigenvalue weighted by Crippen LogP contribution is -2.51. The first-order valence-electron chi connectivity index (χ1n) is 15.3. The highest BCUT2D eigenvalue weighted by Gasteiger charge is 2.53. The number of amides is 1. The van der Waals surface area contributed by atoms with Gasteiger partial charge in [0.25, 0.3) is 0 Å². The van der Waals surface area contributed by atoms with Gasteiger partial charge in [-0.2, -0.15) is 5.26 Å². The van der Waals surface area contributed by atoms with Gasteiger partial charge >= 0.3 is 12.1 Å². The molecule has 1 amide bonds. The second-order valence-electron chi connectivity index (χ2n) is 14.1. The average molecular weight is 699 g/mol. The van der Waals surface area contributed by atoms with E-state index in [0.717, 1.165) is 17.8 Å². The van der Waals surface area contributed by atoms with E-state index in [4.69, 9.17) is 24.5 Å². The Morgan fingerprint density at radius 3 is 2.44 bits per heavy atom. The van der Waals surface area contributed by atoms with Crippen LogP contribution in [0.1, 0.15) is 62.6 Å². The largest absolute Gasteiger partial charge is 0.468 e. The number of nitrogens with zero attached hydrogens (tertiary/aromatic N) is 4. The van der Waals surface area contributed by atoms with Crippen molar-refractivity contribution in [2.45, 2.75) is 83.1 Å². The Kier molecular flexibility index (Phi) is 11.8. The Morgan fingerprint density at radius 1 is 1.21 bits per heavy atom. The summed E-state index contributed by atoms with van der Waals surface area (Å²) < 4.78 is 46.6. The minimum Gasteiger partial charge on any atom is -0.468 e. The highest BCUT2D eigenvalue weighted by molar-refractivity contribution is 8.15. The number of hydrogen-bond donors (Lipinski definition) is 0. The molecule has 0 aliphatic carbocycles. The van der Waals surface area contributed by atoms with Crippen LogP contribution in [0, 0.1) is 24.1 Å². The number of methoxy groups -OCH3 is 1. The zero-order chi connectivity index (χ0) is 36.2. The molecule has 0 spiro atoms. The average Bonchev–Trinajstić information content (AvgIpc) is 2.98. The van der Waals surface area contributed by atoms with E-state index in [0.29, 0.717) is 17.7 Å². The quantitative estimate of drug-likeness (QED) is 0.0846. The minimum atomic E-state index is -1.64. The summed E-state index contributed by atoms with van der Waals surface area (Å²) in [4.78, 5) is 37.1. The van der Waals surface area contributed by atoms with E-state index in [-0.39, 0.29) is 34.3 Å². The number of nitriles is 1. The molecule has 0 N–H and O–H groups in total. The molecule has 1 aromatic carbocycles. The van der Waals surface area contributed by atoms with E-state index in [9.17, 15) is 9.59 Å². The maximum atomic E-state index is 15.9. The van der Waals surface area contributed by atoms with Crippen LogP contribution < -0.4 is 0 Å². The predicted octanol–water partition coefficient (Wildman–Crippen LogP) is 8.22. The van der Waals surface area contributed by atoms with E-state index in [1.165, 1.54) is 48.5 Å². The molecule has 0 bridgehead atoms. The molecule has 48 heavy (non-hydrogen) atoms. The molecule has 0 fully saturated rings. The first-order chi connectivity index (χ1) is 22.1. The van der Waals surface area contributed by atoms with Crippen molar-refractivity contribution in [3.05, 3.63) is 76.4 Å². The molecular formula is C35H44F2N4O5SSi. The van der Waals surface area contributed by atoms with Crippen molar-refractivity contribution in [2.75, 3.05) is 20.4 Å². The monoisotopic (exact) mass is 698 g/mol. The Labute approximate surface area is 287 Å². The zero-order valence-corrected chi connectivity index (χ0v) is 31.1. The first-order valence-corrected chi connectivity index (χ1v) is 19.9. The highest BCUT2D eigenvalue weighted by Crippen LogP contribution is 2.51. The fraction of sp³-hybridized carbons (Fsp3) is 0.457. The second-order valence-corrected chi connectivity index (χ2v) is 21.1. The number of halogens is 2. The smallest absolute Gasteiger partial charge is 0.418 e. The van der Waals surface area contributed by atoms with Crippen molar-refractivity contribution in [1.82, 2.24) is 9.88 Å². The van der Waals surface area contributed by atoms with Crippen LogP contribution in [-0.4, -0.2) is 66.0 Å². The summed E-state index contributed by atoms with van der Waals surface area (Å²) in [6.07, 6.45) is 1.69. The number of aliphatic imine (C=N–C) groups is 1. The number of hydrogen-bond acceptors (Lipinski definition) is 9. The van der Waals surface area contributed by atoms with Gasteiger partial charge in [-0.1, -0.05) is 44.0 Å². The van der Waals surface area contributed by atoms with Gasteiger partial charge in [-0.3, -0.25) is 9.78 Å².